The summed E-state index contributed by atoms with van der Waals surface area (Å²) in [7, 11) is 0. The quantitative estimate of drug-likeness (QED) is 0.871. The van der Waals surface area contributed by atoms with E-state index in [1.807, 2.05) is 13.8 Å². The Labute approximate surface area is 105 Å². The summed E-state index contributed by atoms with van der Waals surface area (Å²) in [5.41, 5.74) is 3.46. The first-order chi connectivity index (χ1) is 7.86. The average molecular weight is 235 g/mol. The number of hydrogen-bond acceptors (Lipinski definition) is 3. The molecule has 1 N–H and O–H groups in total. The highest BCUT2D eigenvalue weighted by Gasteiger charge is 2.27. The molecule has 0 radical (unpaired) electrons. The SMILES string of the molecule is CCCNC(c1cc(C)nnc1C)C(C)(C)C. The van der Waals surface area contributed by atoms with Crippen LogP contribution in [0.4, 0.5) is 0 Å². The molecule has 0 bridgehead atoms. The Morgan fingerprint density at radius 1 is 1.24 bits per heavy atom. The first-order valence-corrected chi connectivity index (χ1v) is 6.40. The van der Waals surface area contributed by atoms with E-state index in [4.69, 9.17) is 0 Å². The van der Waals surface area contributed by atoms with Crippen molar-refractivity contribution in [2.75, 3.05) is 6.54 Å². The summed E-state index contributed by atoms with van der Waals surface area (Å²) >= 11 is 0. The van der Waals surface area contributed by atoms with E-state index in [1.54, 1.807) is 0 Å². The number of rotatable bonds is 4. The highest BCUT2D eigenvalue weighted by molar-refractivity contribution is 5.25. The van der Waals surface area contributed by atoms with Gasteiger partial charge in [0.25, 0.3) is 0 Å². The number of hydrogen-bond donors (Lipinski definition) is 1. The number of nitrogens with one attached hydrogen (secondary N) is 1. The van der Waals surface area contributed by atoms with Crippen molar-refractivity contribution in [1.82, 2.24) is 15.5 Å². The second-order valence-corrected chi connectivity index (χ2v) is 5.78. The largest absolute Gasteiger partial charge is 0.309 e. The van der Waals surface area contributed by atoms with Crippen molar-refractivity contribution >= 4 is 0 Å². The standard InChI is InChI=1S/C14H25N3/c1-7-8-15-13(14(4,5)6)12-9-10(2)16-17-11(12)3/h9,13,15H,7-8H2,1-6H3. The third kappa shape index (κ3) is 3.77. The summed E-state index contributed by atoms with van der Waals surface area (Å²) < 4.78 is 0. The molecule has 3 heteroatoms. The molecule has 0 amide bonds. The second-order valence-electron chi connectivity index (χ2n) is 5.78. The van der Waals surface area contributed by atoms with Crippen LogP contribution in [-0.4, -0.2) is 16.7 Å². The van der Waals surface area contributed by atoms with Crippen molar-refractivity contribution in [2.24, 2.45) is 5.41 Å². The summed E-state index contributed by atoms with van der Waals surface area (Å²) in [5, 5.41) is 12.0. The van der Waals surface area contributed by atoms with E-state index in [9.17, 15) is 0 Å². The lowest BCUT2D eigenvalue weighted by atomic mass is 9.81. The van der Waals surface area contributed by atoms with Crippen molar-refractivity contribution in [3.63, 3.8) is 0 Å². The van der Waals surface area contributed by atoms with Crippen LogP contribution in [0.2, 0.25) is 0 Å². The van der Waals surface area contributed by atoms with Crippen molar-refractivity contribution in [1.29, 1.82) is 0 Å². The topological polar surface area (TPSA) is 37.8 Å². The third-order valence-electron chi connectivity index (χ3n) is 2.92. The molecule has 0 aliphatic heterocycles. The van der Waals surface area contributed by atoms with Gasteiger partial charge in [-0.05, 0) is 43.9 Å². The maximum atomic E-state index is 4.23. The molecule has 1 aromatic rings. The molecule has 0 aliphatic carbocycles. The van der Waals surface area contributed by atoms with Crippen LogP contribution >= 0.6 is 0 Å². The predicted molar refractivity (Wildman–Crippen MR) is 72.0 cm³/mol. The monoisotopic (exact) mass is 235 g/mol. The van der Waals surface area contributed by atoms with Crippen LogP contribution in [0.25, 0.3) is 0 Å². The van der Waals surface area contributed by atoms with Gasteiger partial charge in [-0.15, -0.1) is 0 Å². The minimum Gasteiger partial charge on any atom is -0.309 e. The summed E-state index contributed by atoms with van der Waals surface area (Å²) in [6.07, 6.45) is 1.14. The second kappa shape index (κ2) is 5.58. The van der Waals surface area contributed by atoms with Crippen LogP contribution in [0, 0.1) is 19.3 Å². The molecule has 1 aromatic heterocycles. The maximum absolute atomic E-state index is 4.23. The fourth-order valence-corrected chi connectivity index (χ4v) is 2.03. The fraction of sp³-hybridized carbons (Fsp3) is 0.714. The van der Waals surface area contributed by atoms with E-state index in [2.05, 4.69) is 49.3 Å². The molecule has 1 rings (SSSR count). The molecule has 0 aromatic carbocycles. The Morgan fingerprint density at radius 3 is 2.41 bits per heavy atom. The number of aromatic nitrogens is 2. The van der Waals surface area contributed by atoms with Crippen molar-refractivity contribution in [3.05, 3.63) is 23.0 Å². The summed E-state index contributed by atoms with van der Waals surface area (Å²) in [6, 6.07) is 2.48. The first kappa shape index (κ1) is 14.1. The average Bonchev–Trinajstić information content (AvgIpc) is 2.21. The molecule has 1 heterocycles. The highest BCUT2D eigenvalue weighted by Crippen LogP contribution is 2.33. The van der Waals surface area contributed by atoms with Gasteiger partial charge in [0.05, 0.1) is 11.4 Å². The first-order valence-electron chi connectivity index (χ1n) is 6.40. The molecule has 17 heavy (non-hydrogen) atoms. The van der Waals surface area contributed by atoms with Gasteiger partial charge in [-0.2, -0.15) is 10.2 Å². The Bertz CT molecular complexity index is 366. The van der Waals surface area contributed by atoms with Gasteiger partial charge >= 0.3 is 0 Å². The summed E-state index contributed by atoms with van der Waals surface area (Å²) in [4.78, 5) is 0. The van der Waals surface area contributed by atoms with Gasteiger partial charge in [0, 0.05) is 6.04 Å². The van der Waals surface area contributed by atoms with E-state index in [0.717, 1.165) is 24.4 Å². The van der Waals surface area contributed by atoms with E-state index in [0.29, 0.717) is 6.04 Å². The van der Waals surface area contributed by atoms with Gasteiger partial charge in [0.15, 0.2) is 0 Å². The van der Waals surface area contributed by atoms with Crippen LogP contribution < -0.4 is 5.32 Å². The molecule has 0 aliphatic rings. The lowest BCUT2D eigenvalue weighted by Gasteiger charge is -2.32. The molecule has 96 valence electrons. The van der Waals surface area contributed by atoms with Crippen LogP contribution in [0.5, 0.6) is 0 Å². The fourth-order valence-electron chi connectivity index (χ4n) is 2.03. The van der Waals surface area contributed by atoms with Crippen LogP contribution in [-0.2, 0) is 0 Å². The smallest absolute Gasteiger partial charge is 0.0648 e. The molecular weight excluding hydrogens is 210 g/mol. The minimum absolute atomic E-state index is 0.176. The van der Waals surface area contributed by atoms with Crippen molar-refractivity contribution in [3.8, 4) is 0 Å². The molecule has 1 atom stereocenters. The maximum Gasteiger partial charge on any atom is 0.0648 e. The lowest BCUT2D eigenvalue weighted by Crippen LogP contribution is -2.33. The van der Waals surface area contributed by atoms with E-state index < -0.39 is 0 Å². The van der Waals surface area contributed by atoms with Crippen molar-refractivity contribution < 1.29 is 0 Å². The van der Waals surface area contributed by atoms with Gasteiger partial charge < -0.3 is 5.32 Å². The summed E-state index contributed by atoms with van der Waals surface area (Å²) in [5.74, 6) is 0. The molecule has 0 saturated heterocycles. The molecule has 0 spiro atoms. The van der Waals surface area contributed by atoms with Crippen LogP contribution in [0.3, 0.4) is 0 Å². The summed E-state index contributed by atoms with van der Waals surface area (Å²) in [6.45, 7) is 14.0. The zero-order chi connectivity index (χ0) is 13.1. The van der Waals surface area contributed by atoms with E-state index >= 15 is 0 Å². The molecule has 1 unspecified atom stereocenters. The van der Waals surface area contributed by atoms with Gasteiger partial charge in [0.1, 0.15) is 0 Å². The minimum atomic E-state index is 0.176. The number of nitrogens with zero attached hydrogens (tertiary/aromatic N) is 2. The highest BCUT2D eigenvalue weighted by atomic mass is 15.1. The molecule has 3 nitrogen and oxygen atoms in total. The Balaban J connectivity index is 3.08. The number of aryl methyl sites for hydroxylation is 2. The normalized spacial score (nSPS) is 13.8. The zero-order valence-electron chi connectivity index (χ0n) is 12.0. The molecule has 0 fully saturated rings. The van der Waals surface area contributed by atoms with Gasteiger partial charge in [0.2, 0.25) is 0 Å². The van der Waals surface area contributed by atoms with Gasteiger partial charge in [-0.1, -0.05) is 27.7 Å². The third-order valence-corrected chi connectivity index (χ3v) is 2.92. The van der Waals surface area contributed by atoms with Crippen LogP contribution in [0.15, 0.2) is 6.07 Å². The van der Waals surface area contributed by atoms with Gasteiger partial charge in [-0.3, -0.25) is 0 Å². The molecular formula is C14H25N3. The van der Waals surface area contributed by atoms with Crippen molar-refractivity contribution in [2.45, 2.75) is 54.0 Å². The van der Waals surface area contributed by atoms with Gasteiger partial charge in [-0.25, -0.2) is 0 Å². The lowest BCUT2D eigenvalue weighted by molar-refractivity contribution is 0.271. The Morgan fingerprint density at radius 2 is 1.88 bits per heavy atom. The van der Waals surface area contributed by atoms with Crippen LogP contribution in [0.1, 0.15) is 57.1 Å². The molecule has 0 saturated carbocycles. The zero-order valence-corrected chi connectivity index (χ0v) is 12.0. The van der Waals surface area contributed by atoms with E-state index in [1.165, 1.54) is 5.56 Å². The Kier molecular flexibility index (Phi) is 4.63. The predicted octanol–water partition coefficient (Wildman–Crippen LogP) is 3.18. The Hall–Kier alpha value is -0.960. The van der Waals surface area contributed by atoms with E-state index in [-0.39, 0.29) is 5.41 Å².